The highest BCUT2D eigenvalue weighted by molar-refractivity contribution is 5.17. The second kappa shape index (κ2) is 10.7. The number of hydrogen-bond acceptors (Lipinski definition) is 2. The van der Waals surface area contributed by atoms with Gasteiger partial charge in [0.05, 0.1) is 12.7 Å². The third-order valence-corrected chi connectivity index (χ3v) is 3.95. The van der Waals surface area contributed by atoms with Gasteiger partial charge in [-0.05, 0) is 24.5 Å². The van der Waals surface area contributed by atoms with Crippen molar-refractivity contribution in [2.24, 2.45) is 0 Å². The molecule has 2 aromatic carbocycles. The predicted molar refractivity (Wildman–Crippen MR) is 106 cm³/mol. The quantitative estimate of drug-likeness (QED) is 0.522. The molecule has 0 spiro atoms. The molecule has 0 unspecified atom stereocenters. The molecule has 0 aliphatic rings. The van der Waals surface area contributed by atoms with Gasteiger partial charge in [-0.2, -0.15) is 0 Å². The first-order valence-electron chi connectivity index (χ1n) is 8.84. The third-order valence-electron chi connectivity index (χ3n) is 3.95. The van der Waals surface area contributed by atoms with Crippen LogP contribution in [0.1, 0.15) is 24.5 Å². The average Bonchev–Trinajstić information content (AvgIpc) is 2.61. The van der Waals surface area contributed by atoms with Gasteiger partial charge in [-0.3, -0.25) is 4.90 Å². The van der Waals surface area contributed by atoms with Gasteiger partial charge in [0.1, 0.15) is 0 Å². The molecule has 0 aromatic heterocycles. The molecule has 0 aliphatic heterocycles. The first-order valence-corrected chi connectivity index (χ1v) is 8.84. The summed E-state index contributed by atoms with van der Waals surface area (Å²) in [6.07, 6.45) is 2.90. The van der Waals surface area contributed by atoms with E-state index in [0.29, 0.717) is 6.61 Å². The number of rotatable bonds is 11. The number of nitrogens with zero attached hydrogens (tertiary/aromatic N) is 1. The largest absolute Gasteiger partial charge is 0.372 e. The summed E-state index contributed by atoms with van der Waals surface area (Å²) in [6.45, 7) is 13.1. The lowest BCUT2D eigenvalue weighted by Crippen LogP contribution is -2.33. The van der Waals surface area contributed by atoms with Crippen molar-refractivity contribution in [1.29, 1.82) is 0 Å². The van der Waals surface area contributed by atoms with E-state index in [4.69, 9.17) is 4.74 Å². The number of ether oxygens (including phenoxy) is 1. The van der Waals surface area contributed by atoms with Gasteiger partial charge >= 0.3 is 0 Å². The van der Waals surface area contributed by atoms with Crippen molar-refractivity contribution < 1.29 is 4.74 Å². The molecule has 0 saturated heterocycles. The molecule has 0 amide bonds. The van der Waals surface area contributed by atoms with Crippen LogP contribution in [-0.4, -0.2) is 24.2 Å². The van der Waals surface area contributed by atoms with Gasteiger partial charge in [-0.15, -0.1) is 6.58 Å². The number of hydrogen-bond donors (Lipinski definition) is 0. The Hall–Kier alpha value is -2.16. The van der Waals surface area contributed by atoms with Crippen molar-refractivity contribution in [3.8, 4) is 0 Å². The van der Waals surface area contributed by atoms with Crippen molar-refractivity contribution in [3.63, 3.8) is 0 Å². The Morgan fingerprint density at radius 3 is 1.96 bits per heavy atom. The summed E-state index contributed by atoms with van der Waals surface area (Å²) < 4.78 is 6.04. The van der Waals surface area contributed by atoms with Crippen LogP contribution in [0.4, 0.5) is 0 Å². The highest BCUT2D eigenvalue weighted by atomic mass is 16.5. The molecule has 0 fully saturated rings. The summed E-state index contributed by atoms with van der Waals surface area (Å²) in [5.41, 5.74) is 3.68. The van der Waals surface area contributed by atoms with Crippen LogP contribution in [0.2, 0.25) is 0 Å². The first-order chi connectivity index (χ1) is 12.2. The van der Waals surface area contributed by atoms with E-state index in [2.05, 4.69) is 78.7 Å². The molecular formula is C23H29NO. The molecule has 1 atom stereocenters. The summed E-state index contributed by atoms with van der Waals surface area (Å²) in [5.74, 6) is 0. The zero-order chi connectivity index (χ0) is 17.9. The standard InChI is InChI=1S/C23H29NO/c1-4-11-23(25-19-20(2)3)18-24(16-21-12-7-5-8-13-21)17-22-14-9-6-10-15-22/h4-10,12-15,23H,1-2,11,16-19H2,3H3/t23-/m1/s1. The zero-order valence-corrected chi connectivity index (χ0v) is 15.2. The van der Waals surface area contributed by atoms with E-state index < -0.39 is 0 Å². The van der Waals surface area contributed by atoms with Gasteiger partial charge < -0.3 is 4.74 Å². The van der Waals surface area contributed by atoms with Gasteiger partial charge in [0.2, 0.25) is 0 Å². The van der Waals surface area contributed by atoms with Crippen LogP contribution in [0.15, 0.2) is 85.5 Å². The van der Waals surface area contributed by atoms with Gasteiger partial charge in [0.15, 0.2) is 0 Å². The average molecular weight is 335 g/mol. The van der Waals surface area contributed by atoms with E-state index in [-0.39, 0.29) is 6.10 Å². The molecule has 0 bridgehead atoms. The van der Waals surface area contributed by atoms with Gasteiger partial charge in [-0.1, -0.05) is 78.9 Å². The maximum atomic E-state index is 6.04. The lowest BCUT2D eigenvalue weighted by molar-refractivity contribution is 0.0367. The molecule has 0 heterocycles. The topological polar surface area (TPSA) is 12.5 Å². The Morgan fingerprint density at radius 2 is 1.52 bits per heavy atom. The molecule has 25 heavy (non-hydrogen) atoms. The fourth-order valence-corrected chi connectivity index (χ4v) is 2.80. The minimum atomic E-state index is 0.127. The highest BCUT2D eigenvalue weighted by Gasteiger charge is 2.15. The van der Waals surface area contributed by atoms with Crippen molar-refractivity contribution in [2.45, 2.75) is 32.5 Å². The summed E-state index contributed by atoms with van der Waals surface area (Å²) in [6, 6.07) is 21.2. The van der Waals surface area contributed by atoms with Crippen molar-refractivity contribution >= 4 is 0 Å². The first kappa shape index (κ1) is 19.2. The molecular weight excluding hydrogens is 306 g/mol. The summed E-state index contributed by atoms with van der Waals surface area (Å²) >= 11 is 0. The minimum absolute atomic E-state index is 0.127. The molecule has 0 aliphatic carbocycles. The molecule has 2 nitrogen and oxygen atoms in total. The van der Waals surface area contributed by atoms with E-state index in [0.717, 1.165) is 31.6 Å². The van der Waals surface area contributed by atoms with Crippen molar-refractivity contribution in [1.82, 2.24) is 4.90 Å². The van der Waals surface area contributed by atoms with Crippen molar-refractivity contribution in [3.05, 3.63) is 96.6 Å². The second-order valence-corrected chi connectivity index (χ2v) is 6.56. The molecule has 0 radical (unpaired) electrons. The van der Waals surface area contributed by atoms with E-state index in [1.54, 1.807) is 0 Å². The van der Waals surface area contributed by atoms with Crippen LogP contribution in [0.5, 0.6) is 0 Å². The fourth-order valence-electron chi connectivity index (χ4n) is 2.80. The lowest BCUT2D eigenvalue weighted by Gasteiger charge is -2.27. The monoisotopic (exact) mass is 335 g/mol. The maximum Gasteiger partial charge on any atom is 0.0740 e. The molecule has 0 saturated carbocycles. The SMILES string of the molecule is C=CC[C@H](CN(Cc1ccccc1)Cc1ccccc1)OCC(=C)C. The Morgan fingerprint density at radius 1 is 1.00 bits per heavy atom. The molecule has 2 aromatic rings. The number of benzene rings is 2. The molecule has 2 rings (SSSR count). The zero-order valence-electron chi connectivity index (χ0n) is 15.2. The lowest BCUT2D eigenvalue weighted by atomic mass is 10.1. The van der Waals surface area contributed by atoms with Crippen molar-refractivity contribution in [2.75, 3.05) is 13.2 Å². The van der Waals surface area contributed by atoms with E-state index in [1.165, 1.54) is 11.1 Å². The Labute approximate surface area is 152 Å². The van der Waals surface area contributed by atoms with Crippen LogP contribution < -0.4 is 0 Å². The van der Waals surface area contributed by atoms with Crippen LogP contribution in [0, 0.1) is 0 Å². The summed E-state index contributed by atoms with van der Waals surface area (Å²) in [4.78, 5) is 2.44. The van der Waals surface area contributed by atoms with E-state index >= 15 is 0 Å². The third kappa shape index (κ3) is 7.51. The smallest absolute Gasteiger partial charge is 0.0740 e. The van der Waals surface area contributed by atoms with E-state index in [1.807, 2.05) is 13.0 Å². The van der Waals surface area contributed by atoms with Crippen LogP contribution in [-0.2, 0) is 17.8 Å². The summed E-state index contributed by atoms with van der Waals surface area (Å²) in [5, 5.41) is 0. The Balaban J connectivity index is 2.08. The summed E-state index contributed by atoms with van der Waals surface area (Å²) in [7, 11) is 0. The van der Waals surface area contributed by atoms with Crippen LogP contribution in [0.25, 0.3) is 0 Å². The predicted octanol–water partition coefficient (Wildman–Crippen LogP) is 5.23. The fraction of sp³-hybridized carbons (Fsp3) is 0.304. The second-order valence-electron chi connectivity index (χ2n) is 6.56. The van der Waals surface area contributed by atoms with Gasteiger partial charge in [-0.25, -0.2) is 0 Å². The maximum absolute atomic E-state index is 6.04. The molecule has 0 N–H and O–H groups in total. The van der Waals surface area contributed by atoms with Gasteiger partial charge in [0.25, 0.3) is 0 Å². The minimum Gasteiger partial charge on any atom is -0.372 e. The van der Waals surface area contributed by atoms with Gasteiger partial charge in [0, 0.05) is 19.6 Å². The normalized spacial score (nSPS) is 12.1. The van der Waals surface area contributed by atoms with E-state index in [9.17, 15) is 0 Å². The Kier molecular flexibility index (Phi) is 8.17. The molecule has 132 valence electrons. The Bertz CT molecular complexity index is 594. The van der Waals surface area contributed by atoms with Crippen LogP contribution in [0.3, 0.4) is 0 Å². The highest BCUT2D eigenvalue weighted by Crippen LogP contribution is 2.13. The molecule has 2 heteroatoms. The van der Waals surface area contributed by atoms with Crippen LogP contribution >= 0.6 is 0 Å².